The quantitative estimate of drug-likeness (QED) is 0.577. The van der Waals surface area contributed by atoms with Crippen LogP contribution in [0.5, 0.6) is 0 Å². The van der Waals surface area contributed by atoms with Crippen LogP contribution in [0.3, 0.4) is 0 Å². The fourth-order valence-electron chi connectivity index (χ4n) is 2.22. The van der Waals surface area contributed by atoms with Crippen molar-refractivity contribution in [3.8, 4) is 0 Å². The van der Waals surface area contributed by atoms with E-state index in [1.54, 1.807) is 21.3 Å². The first-order valence-electron chi connectivity index (χ1n) is 7.01. The summed E-state index contributed by atoms with van der Waals surface area (Å²) < 4.78 is 16.3. The lowest BCUT2D eigenvalue weighted by Gasteiger charge is -2.26. The van der Waals surface area contributed by atoms with Gasteiger partial charge in [-0.3, -0.25) is 0 Å². The van der Waals surface area contributed by atoms with Gasteiger partial charge in [0, 0.05) is 52.9 Å². The minimum absolute atomic E-state index is 0. The van der Waals surface area contributed by atoms with E-state index in [-0.39, 0.29) is 12.4 Å². The standard InChI is InChI=1S/C13H28N2O3Si.ClH/c1-5-6-8-14-10-11-15(13-14)9-7-12-19(16-2,17-3)18-4;/h10-11H,5-9,12-13H2,1-4H3;1H. The summed E-state index contributed by atoms with van der Waals surface area (Å²) in [6.07, 6.45) is 7.88. The molecule has 1 rings (SSSR count). The van der Waals surface area contributed by atoms with E-state index in [0.29, 0.717) is 0 Å². The van der Waals surface area contributed by atoms with Gasteiger partial charge in [-0.25, -0.2) is 0 Å². The van der Waals surface area contributed by atoms with Crippen molar-refractivity contribution in [2.75, 3.05) is 41.1 Å². The average molecular weight is 325 g/mol. The summed E-state index contributed by atoms with van der Waals surface area (Å²) >= 11 is 0. The van der Waals surface area contributed by atoms with Crippen molar-refractivity contribution in [2.45, 2.75) is 32.2 Å². The maximum Gasteiger partial charge on any atom is 0.500 e. The molecule has 0 aliphatic carbocycles. The third-order valence-corrected chi connectivity index (χ3v) is 6.34. The van der Waals surface area contributed by atoms with Crippen LogP contribution in [0.15, 0.2) is 12.4 Å². The van der Waals surface area contributed by atoms with Gasteiger partial charge in [0.05, 0.1) is 6.67 Å². The van der Waals surface area contributed by atoms with Crippen LogP contribution in [-0.2, 0) is 13.3 Å². The van der Waals surface area contributed by atoms with Crippen molar-refractivity contribution in [3.05, 3.63) is 12.4 Å². The average Bonchev–Trinajstić information content (AvgIpc) is 2.90. The molecular weight excluding hydrogens is 296 g/mol. The molecular formula is C13H29ClN2O3Si. The van der Waals surface area contributed by atoms with Crippen molar-refractivity contribution in [1.82, 2.24) is 9.80 Å². The van der Waals surface area contributed by atoms with Crippen molar-refractivity contribution in [1.29, 1.82) is 0 Å². The molecule has 0 bridgehead atoms. The monoisotopic (exact) mass is 324 g/mol. The molecule has 0 spiro atoms. The topological polar surface area (TPSA) is 34.2 Å². The van der Waals surface area contributed by atoms with Gasteiger partial charge in [-0.15, -0.1) is 12.4 Å². The van der Waals surface area contributed by atoms with Crippen LogP contribution >= 0.6 is 12.4 Å². The minimum atomic E-state index is -2.39. The predicted octanol–water partition coefficient (Wildman–Crippen LogP) is 2.52. The summed E-state index contributed by atoms with van der Waals surface area (Å²) in [7, 11) is 2.61. The first kappa shape index (κ1) is 19.7. The summed E-state index contributed by atoms with van der Waals surface area (Å²) in [6, 6.07) is 0.857. The van der Waals surface area contributed by atoms with Gasteiger partial charge in [0.1, 0.15) is 0 Å². The number of nitrogens with zero attached hydrogens (tertiary/aromatic N) is 2. The van der Waals surface area contributed by atoms with Gasteiger partial charge in [-0.1, -0.05) is 13.3 Å². The molecule has 0 radical (unpaired) electrons. The zero-order chi connectivity index (χ0) is 14.1. The Balaban J connectivity index is 0.00000361. The molecule has 0 N–H and O–H groups in total. The number of unbranched alkanes of at least 4 members (excludes halogenated alkanes) is 1. The van der Waals surface area contributed by atoms with E-state index in [2.05, 4.69) is 29.1 Å². The van der Waals surface area contributed by atoms with E-state index in [1.807, 2.05) is 0 Å². The zero-order valence-corrected chi connectivity index (χ0v) is 14.9. The predicted molar refractivity (Wildman–Crippen MR) is 85.8 cm³/mol. The first-order chi connectivity index (χ1) is 9.19. The Kier molecular flexibility index (Phi) is 10.3. The lowest BCUT2D eigenvalue weighted by atomic mass is 10.3. The van der Waals surface area contributed by atoms with Gasteiger partial charge in [0.15, 0.2) is 0 Å². The van der Waals surface area contributed by atoms with Crippen LogP contribution < -0.4 is 0 Å². The van der Waals surface area contributed by atoms with Gasteiger partial charge in [0.2, 0.25) is 0 Å². The summed E-state index contributed by atoms with van der Waals surface area (Å²) in [6.45, 7) is 5.39. The Hall–Kier alpha value is -0.273. The smallest absolute Gasteiger partial charge is 0.377 e. The molecule has 0 fully saturated rings. The van der Waals surface area contributed by atoms with Gasteiger partial charge in [-0.05, 0) is 12.8 Å². The van der Waals surface area contributed by atoms with E-state index in [1.165, 1.54) is 12.8 Å². The molecule has 0 aromatic heterocycles. The van der Waals surface area contributed by atoms with Crippen molar-refractivity contribution in [2.24, 2.45) is 0 Å². The molecule has 0 aromatic rings. The number of hydrogen-bond donors (Lipinski definition) is 0. The van der Waals surface area contributed by atoms with Crippen LogP contribution in [0.1, 0.15) is 26.2 Å². The van der Waals surface area contributed by atoms with Crippen LogP contribution in [0.25, 0.3) is 0 Å². The summed E-state index contributed by atoms with van der Waals surface area (Å²) in [5, 5.41) is 0. The second kappa shape index (κ2) is 10.5. The Morgan fingerprint density at radius 1 is 0.950 bits per heavy atom. The van der Waals surface area contributed by atoms with Crippen molar-refractivity contribution in [3.63, 3.8) is 0 Å². The number of rotatable bonds is 10. The molecule has 0 saturated heterocycles. The van der Waals surface area contributed by atoms with Gasteiger partial charge in [0.25, 0.3) is 0 Å². The largest absolute Gasteiger partial charge is 0.500 e. The Morgan fingerprint density at radius 2 is 1.45 bits per heavy atom. The van der Waals surface area contributed by atoms with Crippen LogP contribution in [0.2, 0.25) is 6.04 Å². The Morgan fingerprint density at radius 3 is 1.90 bits per heavy atom. The molecule has 0 atom stereocenters. The van der Waals surface area contributed by atoms with E-state index in [4.69, 9.17) is 13.3 Å². The molecule has 0 saturated carbocycles. The molecule has 120 valence electrons. The summed E-state index contributed by atoms with van der Waals surface area (Å²) in [5.74, 6) is 0. The second-order valence-electron chi connectivity index (χ2n) is 4.82. The molecule has 1 aliphatic heterocycles. The summed E-state index contributed by atoms with van der Waals surface area (Å²) in [5.41, 5.74) is 0. The second-order valence-corrected chi connectivity index (χ2v) is 7.91. The highest BCUT2D eigenvalue weighted by Crippen LogP contribution is 2.16. The number of halogens is 1. The molecule has 7 heteroatoms. The van der Waals surface area contributed by atoms with Crippen molar-refractivity contribution < 1.29 is 13.3 Å². The normalized spacial score (nSPS) is 14.8. The van der Waals surface area contributed by atoms with Gasteiger partial charge >= 0.3 is 8.80 Å². The molecule has 1 heterocycles. The fraction of sp³-hybridized carbons (Fsp3) is 0.846. The summed E-state index contributed by atoms with van der Waals surface area (Å²) in [4.78, 5) is 4.69. The van der Waals surface area contributed by atoms with Gasteiger partial charge < -0.3 is 23.1 Å². The molecule has 0 unspecified atom stereocenters. The molecule has 0 aromatic carbocycles. The van der Waals surface area contributed by atoms with Gasteiger partial charge in [-0.2, -0.15) is 0 Å². The highest BCUT2D eigenvalue weighted by molar-refractivity contribution is 6.60. The van der Waals surface area contributed by atoms with E-state index in [0.717, 1.165) is 32.2 Å². The fourth-order valence-corrected chi connectivity index (χ4v) is 3.93. The van der Waals surface area contributed by atoms with Crippen LogP contribution in [0.4, 0.5) is 0 Å². The van der Waals surface area contributed by atoms with Crippen LogP contribution in [0, 0.1) is 0 Å². The van der Waals surface area contributed by atoms with E-state index >= 15 is 0 Å². The Labute approximate surface area is 130 Å². The molecule has 5 nitrogen and oxygen atoms in total. The maximum atomic E-state index is 5.42. The van der Waals surface area contributed by atoms with Crippen LogP contribution in [-0.4, -0.2) is 59.7 Å². The third kappa shape index (κ3) is 6.01. The SMILES string of the molecule is CCCCN1C=CN(CCC[Si](OC)(OC)OC)C1.Cl. The Bertz CT molecular complexity index is 270. The molecule has 20 heavy (non-hydrogen) atoms. The minimum Gasteiger partial charge on any atom is -0.377 e. The zero-order valence-electron chi connectivity index (χ0n) is 13.1. The number of hydrogen-bond acceptors (Lipinski definition) is 5. The highest BCUT2D eigenvalue weighted by atomic mass is 35.5. The maximum absolute atomic E-state index is 5.42. The molecule has 1 aliphatic rings. The third-order valence-electron chi connectivity index (χ3n) is 3.51. The van der Waals surface area contributed by atoms with Crippen molar-refractivity contribution >= 4 is 21.2 Å². The van der Waals surface area contributed by atoms with E-state index in [9.17, 15) is 0 Å². The lowest BCUT2D eigenvalue weighted by molar-refractivity contribution is 0.121. The molecule has 0 amide bonds. The highest BCUT2D eigenvalue weighted by Gasteiger charge is 2.37. The van der Waals surface area contributed by atoms with E-state index < -0.39 is 8.80 Å². The lowest BCUT2D eigenvalue weighted by Crippen LogP contribution is -2.43. The first-order valence-corrected chi connectivity index (χ1v) is 8.94.